The van der Waals surface area contributed by atoms with E-state index in [-0.39, 0.29) is 11.7 Å². The fourth-order valence-electron chi connectivity index (χ4n) is 3.58. The molecule has 3 N–H and O–H groups in total. The number of phenols is 1. The van der Waals surface area contributed by atoms with Gasteiger partial charge in [0.05, 0.1) is 0 Å². The minimum atomic E-state index is -0.568. The quantitative estimate of drug-likeness (QED) is 0.474. The fraction of sp³-hybridized carbons (Fsp3) is 0.130. The van der Waals surface area contributed by atoms with Crippen molar-refractivity contribution in [1.29, 1.82) is 0 Å². The summed E-state index contributed by atoms with van der Waals surface area (Å²) in [6, 6.07) is 19.6. The number of aromatic hydroxyl groups is 1. The highest BCUT2D eigenvalue weighted by Gasteiger charge is 2.22. The van der Waals surface area contributed by atoms with Crippen LogP contribution in [0.3, 0.4) is 0 Å². The molecule has 0 atom stereocenters. The summed E-state index contributed by atoms with van der Waals surface area (Å²) < 4.78 is 0. The first kappa shape index (κ1) is 18.7. The zero-order valence-electron chi connectivity index (χ0n) is 15.6. The lowest BCUT2D eigenvalue weighted by molar-refractivity contribution is 0.0706. The maximum absolute atomic E-state index is 13.0. The molecule has 2 amide bonds. The summed E-state index contributed by atoms with van der Waals surface area (Å²) in [6.07, 6.45) is 0.716. The van der Waals surface area contributed by atoms with Crippen LogP contribution in [-0.4, -0.2) is 33.6 Å². The van der Waals surface area contributed by atoms with Gasteiger partial charge in [0.25, 0.3) is 11.8 Å². The SMILES string of the molecule is O=C(NO)c1ccc2c(c1)CN(C(=O)c1ccc(-c3ccc(O)cc3)cc1)CC2. The number of hydrogen-bond acceptors (Lipinski definition) is 4. The van der Waals surface area contributed by atoms with E-state index in [2.05, 4.69) is 0 Å². The van der Waals surface area contributed by atoms with E-state index in [1.54, 1.807) is 46.8 Å². The largest absolute Gasteiger partial charge is 0.508 e. The predicted octanol–water partition coefficient (Wildman–Crippen LogP) is 3.38. The van der Waals surface area contributed by atoms with Gasteiger partial charge < -0.3 is 10.0 Å². The number of carbonyl (C=O) groups excluding carboxylic acids is 2. The molecule has 0 unspecified atom stereocenters. The first-order valence-corrected chi connectivity index (χ1v) is 9.30. The average molecular weight is 388 g/mol. The van der Waals surface area contributed by atoms with Gasteiger partial charge in [-0.05, 0) is 65.1 Å². The number of nitrogens with one attached hydrogen (secondary N) is 1. The first-order valence-electron chi connectivity index (χ1n) is 9.30. The molecule has 6 heteroatoms. The lowest BCUT2D eigenvalue weighted by Gasteiger charge is -2.29. The van der Waals surface area contributed by atoms with Crippen molar-refractivity contribution in [2.24, 2.45) is 0 Å². The Morgan fingerprint density at radius 2 is 1.45 bits per heavy atom. The van der Waals surface area contributed by atoms with Gasteiger partial charge in [0, 0.05) is 24.2 Å². The third-order valence-corrected chi connectivity index (χ3v) is 5.20. The first-order chi connectivity index (χ1) is 14.0. The van der Waals surface area contributed by atoms with Crippen LogP contribution in [0.5, 0.6) is 5.75 Å². The molecular formula is C23H20N2O4. The zero-order valence-corrected chi connectivity index (χ0v) is 15.6. The van der Waals surface area contributed by atoms with Gasteiger partial charge >= 0.3 is 0 Å². The maximum atomic E-state index is 13.0. The molecule has 4 rings (SSSR count). The van der Waals surface area contributed by atoms with Crippen LogP contribution in [0.1, 0.15) is 31.8 Å². The Morgan fingerprint density at radius 1 is 0.828 bits per heavy atom. The van der Waals surface area contributed by atoms with Gasteiger partial charge in [0.1, 0.15) is 5.75 Å². The number of benzene rings is 3. The summed E-state index contributed by atoms with van der Waals surface area (Å²) >= 11 is 0. The number of hydroxylamine groups is 1. The summed E-state index contributed by atoms with van der Waals surface area (Å²) in [6.45, 7) is 1.03. The topological polar surface area (TPSA) is 89.9 Å². The summed E-state index contributed by atoms with van der Waals surface area (Å²) in [7, 11) is 0. The van der Waals surface area contributed by atoms with Crippen molar-refractivity contribution in [3.8, 4) is 16.9 Å². The van der Waals surface area contributed by atoms with Crippen molar-refractivity contribution in [3.63, 3.8) is 0 Å². The minimum absolute atomic E-state index is 0.0649. The van der Waals surface area contributed by atoms with E-state index in [4.69, 9.17) is 5.21 Å². The Morgan fingerprint density at radius 3 is 2.10 bits per heavy atom. The van der Waals surface area contributed by atoms with E-state index in [0.29, 0.717) is 30.6 Å². The number of fused-ring (bicyclic) bond motifs is 1. The molecule has 0 radical (unpaired) electrons. The monoisotopic (exact) mass is 388 g/mol. The predicted molar refractivity (Wildman–Crippen MR) is 108 cm³/mol. The molecule has 0 bridgehead atoms. The Labute approximate surface area is 168 Å². The standard InChI is InChI=1S/C23H20N2O4/c26-21-9-7-16(8-10-21)15-1-4-18(5-2-15)23(28)25-12-11-17-3-6-19(22(27)24-29)13-20(17)14-25/h1-10,13,26,29H,11-12,14H2,(H,24,27). The summed E-state index contributed by atoms with van der Waals surface area (Å²) in [5, 5.41) is 18.2. The number of phenolic OH excluding ortho intramolecular Hbond substituents is 1. The number of nitrogens with zero attached hydrogens (tertiary/aromatic N) is 1. The van der Waals surface area contributed by atoms with Gasteiger partial charge in [-0.15, -0.1) is 0 Å². The second-order valence-corrected chi connectivity index (χ2v) is 7.03. The second kappa shape index (κ2) is 7.77. The van der Waals surface area contributed by atoms with Crippen LogP contribution >= 0.6 is 0 Å². The molecule has 1 heterocycles. The molecule has 29 heavy (non-hydrogen) atoms. The average Bonchev–Trinajstić information content (AvgIpc) is 2.78. The molecule has 1 aliphatic rings. The fourth-order valence-corrected chi connectivity index (χ4v) is 3.58. The number of rotatable bonds is 3. The van der Waals surface area contributed by atoms with E-state index in [1.807, 2.05) is 30.3 Å². The van der Waals surface area contributed by atoms with Gasteiger partial charge in [0.15, 0.2) is 0 Å². The van der Waals surface area contributed by atoms with E-state index in [0.717, 1.165) is 22.3 Å². The molecular weight excluding hydrogens is 368 g/mol. The Hall–Kier alpha value is -3.64. The van der Waals surface area contributed by atoms with Gasteiger partial charge in [-0.3, -0.25) is 14.8 Å². The van der Waals surface area contributed by atoms with Crippen LogP contribution in [0, 0.1) is 0 Å². The van der Waals surface area contributed by atoms with Crippen molar-refractivity contribution in [2.75, 3.05) is 6.54 Å². The van der Waals surface area contributed by atoms with Crippen molar-refractivity contribution in [1.82, 2.24) is 10.4 Å². The van der Waals surface area contributed by atoms with Crippen LogP contribution < -0.4 is 5.48 Å². The molecule has 0 spiro atoms. The van der Waals surface area contributed by atoms with Gasteiger partial charge in [-0.2, -0.15) is 0 Å². The lowest BCUT2D eigenvalue weighted by atomic mass is 9.96. The van der Waals surface area contributed by atoms with E-state index < -0.39 is 5.91 Å². The van der Waals surface area contributed by atoms with Crippen molar-refractivity contribution >= 4 is 11.8 Å². The lowest BCUT2D eigenvalue weighted by Crippen LogP contribution is -2.36. The molecule has 0 saturated heterocycles. The highest BCUT2D eigenvalue weighted by atomic mass is 16.5. The summed E-state index contributed by atoms with van der Waals surface area (Å²) in [5.74, 6) is -0.420. The highest BCUT2D eigenvalue weighted by Crippen LogP contribution is 2.25. The van der Waals surface area contributed by atoms with E-state index in [1.165, 1.54) is 0 Å². The van der Waals surface area contributed by atoms with Crippen LogP contribution in [0.15, 0.2) is 66.7 Å². The van der Waals surface area contributed by atoms with Crippen molar-refractivity contribution < 1.29 is 19.9 Å². The number of amides is 2. The van der Waals surface area contributed by atoms with Crippen LogP contribution in [0.25, 0.3) is 11.1 Å². The van der Waals surface area contributed by atoms with Crippen molar-refractivity contribution in [2.45, 2.75) is 13.0 Å². The molecule has 146 valence electrons. The molecule has 3 aromatic rings. The summed E-state index contributed by atoms with van der Waals surface area (Å²) in [5.41, 5.74) is 6.53. The third-order valence-electron chi connectivity index (χ3n) is 5.20. The van der Waals surface area contributed by atoms with Crippen LogP contribution in [-0.2, 0) is 13.0 Å². The summed E-state index contributed by atoms with van der Waals surface area (Å²) in [4.78, 5) is 26.4. The van der Waals surface area contributed by atoms with Gasteiger partial charge in [0.2, 0.25) is 0 Å². The molecule has 0 fully saturated rings. The molecule has 1 aliphatic heterocycles. The maximum Gasteiger partial charge on any atom is 0.274 e. The van der Waals surface area contributed by atoms with Crippen LogP contribution in [0.4, 0.5) is 0 Å². The minimum Gasteiger partial charge on any atom is -0.508 e. The van der Waals surface area contributed by atoms with Gasteiger partial charge in [-0.25, -0.2) is 5.48 Å². The normalized spacial score (nSPS) is 12.9. The Bertz CT molecular complexity index is 1060. The Balaban J connectivity index is 1.51. The second-order valence-electron chi connectivity index (χ2n) is 7.03. The van der Waals surface area contributed by atoms with Crippen molar-refractivity contribution in [3.05, 3.63) is 89.0 Å². The Kier molecular flexibility index (Phi) is 5.01. The third kappa shape index (κ3) is 3.83. The molecule has 0 saturated carbocycles. The zero-order chi connectivity index (χ0) is 20.4. The van der Waals surface area contributed by atoms with E-state index in [9.17, 15) is 14.7 Å². The molecule has 3 aromatic carbocycles. The number of carbonyl (C=O) groups is 2. The highest BCUT2D eigenvalue weighted by molar-refractivity contribution is 5.95. The smallest absolute Gasteiger partial charge is 0.274 e. The van der Waals surface area contributed by atoms with E-state index >= 15 is 0 Å². The molecule has 0 aromatic heterocycles. The van der Waals surface area contributed by atoms with Crippen LogP contribution in [0.2, 0.25) is 0 Å². The molecule has 0 aliphatic carbocycles. The van der Waals surface area contributed by atoms with Gasteiger partial charge in [-0.1, -0.05) is 30.3 Å². The molecule has 6 nitrogen and oxygen atoms in total. The number of hydrogen-bond donors (Lipinski definition) is 3.